The summed E-state index contributed by atoms with van der Waals surface area (Å²) in [6, 6.07) is 1.94. The summed E-state index contributed by atoms with van der Waals surface area (Å²) in [6.07, 6.45) is 4.60. The second-order valence-electron chi connectivity index (χ2n) is 5.85. The third kappa shape index (κ3) is 2.97. The lowest BCUT2D eigenvalue weighted by Gasteiger charge is -2.27. The molecule has 1 heterocycles. The molecule has 0 saturated heterocycles. The fraction of sp³-hybridized carbons (Fsp3) is 0.714. The molecule has 1 aliphatic rings. The maximum absolute atomic E-state index is 12.0. The van der Waals surface area contributed by atoms with Crippen molar-refractivity contribution in [1.29, 1.82) is 0 Å². The monoisotopic (exact) mass is 265 g/mol. The van der Waals surface area contributed by atoms with Crippen LogP contribution in [0.5, 0.6) is 0 Å². The number of amides is 1. The summed E-state index contributed by atoms with van der Waals surface area (Å²) in [7, 11) is 0. The van der Waals surface area contributed by atoms with E-state index in [-0.39, 0.29) is 17.9 Å². The summed E-state index contributed by atoms with van der Waals surface area (Å²) in [5.74, 6) is 0.0212. The summed E-state index contributed by atoms with van der Waals surface area (Å²) >= 11 is 0. The quantitative estimate of drug-likeness (QED) is 0.871. The molecule has 1 fully saturated rings. The van der Waals surface area contributed by atoms with E-state index in [1.54, 1.807) is 16.9 Å². The molecule has 1 saturated carbocycles. The number of carbonyl (C=O) groups excluding carboxylic acids is 1. The van der Waals surface area contributed by atoms with Crippen LogP contribution in [0.4, 0.5) is 0 Å². The van der Waals surface area contributed by atoms with Gasteiger partial charge in [-0.3, -0.25) is 9.48 Å². The van der Waals surface area contributed by atoms with Crippen LogP contribution in [0.1, 0.15) is 56.6 Å². The van der Waals surface area contributed by atoms with Crippen LogP contribution in [0.25, 0.3) is 0 Å². The van der Waals surface area contributed by atoms with E-state index in [4.69, 9.17) is 0 Å². The van der Waals surface area contributed by atoms with Gasteiger partial charge in [-0.25, -0.2) is 0 Å². The van der Waals surface area contributed by atoms with Gasteiger partial charge < -0.3 is 10.4 Å². The summed E-state index contributed by atoms with van der Waals surface area (Å²) in [4.78, 5) is 12.0. The van der Waals surface area contributed by atoms with Crippen molar-refractivity contribution in [3.05, 3.63) is 18.0 Å². The molecule has 0 aromatic carbocycles. The zero-order valence-electron chi connectivity index (χ0n) is 11.9. The Labute approximate surface area is 114 Å². The molecule has 106 valence electrons. The number of aromatic nitrogens is 2. The highest BCUT2D eigenvalue weighted by atomic mass is 16.3. The first-order chi connectivity index (χ1) is 8.92. The van der Waals surface area contributed by atoms with Crippen LogP contribution in [0, 0.1) is 5.92 Å². The largest absolute Gasteiger partial charge is 0.388 e. The first kappa shape index (κ1) is 14.1. The summed E-state index contributed by atoms with van der Waals surface area (Å²) in [5.41, 5.74) is -0.348. The summed E-state index contributed by atoms with van der Waals surface area (Å²) in [5, 5.41) is 17.4. The molecule has 2 N–H and O–H groups in total. The average molecular weight is 265 g/mol. The fourth-order valence-corrected chi connectivity index (χ4v) is 2.56. The predicted octanol–water partition coefficient (Wildman–Crippen LogP) is 1.74. The summed E-state index contributed by atoms with van der Waals surface area (Å²) in [6.45, 7) is 6.36. The molecule has 1 amide bonds. The number of aliphatic hydroxyl groups is 1. The van der Waals surface area contributed by atoms with Gasteiger partial charge in [0.05, 0.1) is 5.60 Å². The van der Waals surface area contributed by atoms with E-state index in [0.717, 1.165) is 19.3 Å². The molecular formula is C14H23N3O2. The average Bonchev–Trinajstić information content (AvgIpc) is 2.96. The van der Waals surface area contributed by atoms with Gasteiger partial charge in [-0.1, -0.05) is 13.3 Å². The predicted molar refractivity (Wildman–Crippen MR) is 72.9 cm³/mol. The SMILES string of the molecule is CC(C)n1ccc(C(=O)NC[C@@]2(O)CCC[C@H]2C)n1. The van der Waals surface area contributed by atoms with E-state index < -0.39 is 5.60 Å². The van der Waals surface area contributed by atoms with Crippen molar-refractivity contribution in [2.24, 2.45) is 5.92 Å². The third-order valence-corrected chi connectivity index (χ3v) is 4.09. The Morgan fingerprint density at radius 1 is 1.68 bits per heavy atom. The molecular weight excluding hydrogens is 242 g/mol. The standard InChI is InChI=1S/C14H23N3O2/c1-10(2)17-8-6-12(16-17)13(18)15-9-14(19)7-4-5-11(14)3/h6,8,10-11,19H,4-5,7,9H2,1-3H3,(H,15,18)/t11-,14+/m1/s1. The van der Waals surface area contributed by atoms with Crippen LogP contribution in [0.15, 0.2) is 12.3 Å². The van der Waals surface area contributed by atoms with Crippen LogP contribution in [0.3, 0.4) is 0 Å². The van der Waals surface area contributed by atoms with E-state index >= 15 is 0 Å². The number of nitrogens with one attached hydrogen (secondary N) is 1. The Balaban J connectivity index is 1.94. The van der Waals surface area contributed by atoms with Crippen molar-refractivity contribution in [2.45, 2.75) is 51.7 Å². The van der Waals surface area contributed by atoms with Gasteiger partial charge in [-0.05, 0) is 38.7 Å². The zero-order chi connectivity index (χ0) is 14.0. The Hall–Kier alpha value is -1.36. The Morgan fingerprint density at radius 2 is 2.42 bits per heavy atom. The van der Waals surface area contributed by atoms with Crippen LogP contribution < -0.4 is 5.32 Å². The number of hydrogen-bond acceptors (Lipinski definition) is 3. The van der Waals surface area contributed by atoms with Crippen LogP contribution >= 0.6 is 0 Å². The van der Waals surface area contributed by atoms with Crippen molar-refractivity contribution in [1.82, 2.24) is 15.1 Å². The topological polar surface area (TPSA) is 67.2 Å². The highest BCUT2D eigenvalue weighted by Gasteiger charge is 2.38. The van der Waals surface area contributed by atoms with E-state index in [0.29, 0.717) is 12.2 Å². The minimum atomic E-state index is -0.754. The number of rotatable bonds is 4. The Kier molecular flexibility index (Phi) is 3.94. The van der Waals surface area contributed by atoms with Crippen LogP contribution in [-0.4, -0.2) is 32.9 Å². The maximum Gasteiger partial charge on any atom is 0.271 e. The molecule has 19 heavy (non-hydrogen) atoms. The van der Waals surface area contributed by atoms with Crippen LogP contribution in [0.2, 0.25) is 0 Å². The first-order valence-corrected chi connectivity index (χ1v) is 6.98. The molecule has 1 aliphatic carbocycles. The normalized spacial score (nSPS) is 26.9. The van der Waals surface area contributed by atoms with E-state index in [1.807, 2.05) is 20.8 Å². The van der Waals surface area contributed by atoms with Gasteiger partial charge in [-0.2, -0.15) is 5.10 Å². The molecule has 5 heteroatoms. The lowest BCUT2D eigenvalue weighted by Crippen LogP contribution is -2.44. The van der Waals surface area contributed by atoms with Crippen molar-refractivity contribution in [3.8, 4) is 0 Å². The lowest BCUT2D eigenvalue weighted by molar-refractivity contribution is 0.0101. The molecule has 1 aromatic rings. The smallest absolute Gasteiger partial charge is 0.271 e. The first-order valence-electron chi connectivity index (χ1n) is 6.98. The third-order valence-electron chi connectivity index (χ3n) is 4.09. The fourth-order valence-electron chi connectivity index (χ4n) is 2.56. The lowest BCUT2D eigenvalue weighted by atomic mass is 9.92. The van der Waals surface area contributed by atoms with E-state index in [9.17, 15) is 9.90 Å². The highest BCUT2D eigenvalue weighted by Crippen LogP contribution is 2.34. The summed E-state index contributed by atoms with van der Waals surface area (Å²) < 4.78 is 1.75. The van der Waals surface area contributed by atoms with Gasteiger partial charge in [0.1, 0.15) is 5.69 Å². The minimum absolute atomic E-state index is 0.216. The van der Waals surface area contributed by atoms with E-state index in [2.05, 4.69) is 10.4 Å². The molecule has 5 nitrogen and oxygen atoms in total. The number of hydrogen-bond donors (Lipinski definition) is 2. The minimum Gasteiger partial charge on any atom is -0.388 e. The number of nitrogens with zero attached hydrogens (tertiary/aromatic N) is 2. The molecule has 0 spiro atoms. The molecule has 0 unspecified atom stereocenters. The Bertz CT molecular complexity index is 455. The van der Waals surface area contributed by atoms with Crippen molar-refractivity contribution in [3.63, 3.8) is 0 Å². The van der Waals surface area contributed by atoms with Gasteiger partial charge in [0.15, 0.2) is 0 Å². The van der Waals surface area contributed by atoms with Crippen molar-refractivity contribution < 1.29 is 9.90 Å². The second kappa shape index (κ2) is 5.33. The second-order valence-corrected chi connectivity index (χ2v) is 5.85. The highest BCUT2D eigenvalue weighted by molar-refractivity contribution is 5.92. The van der Waals surface area contributed by atoms with Crippen LogP contribution in [-0.2, 0) is 0 Å². The molecule has 1 aromatic heterocycles. The van der Waals surface area contributed by atoms with Gasteiger partial charge >= 0.3 is 0 Å². The van der Waals surface area contributed by atoms with Gasteiger partial charge in [-0.15, -0.1) is 0 Å². The van der Waals surface area contributed by atoms with Crippen molar-refractivity contribution >= 4 is 5.91 Å². The zero-order valence-corrected chi connectivity index (χ0v) is 11.9. The Morgan fingerprint density at radius 3 is 2.95 bits per heavy atom. The van der Waals surface area contributed by atoms with Gasteiger partial charge in [0, 0.05) is 18.8 Å². The number of carbonyl (C=O) groups is 1. The molecule has 0 bridgehead atoms. The van der Waals surface area contributed by atoms with Gasteiger partial charge in [0.25, 0.3) is 5.91 Å². The van der Waals surface area contributed by atoms with Crippen molar-refractivity contribution in [2.75, 3.05) is 6.54 Å². The molecule has 2 rings (SSSR count). The maximum atomic E-state index is 12.0. The van der Waals surface area contributed by atoms with E-state index in [1.165, 1.54) is 0 Å². The molecule has 0 aliphatic heterocycles. The van der Waals surface area contributed by atoms with Gasteiger partial charge in [0.2, 0.25) is 0 Å². The molecule has 2 atom stereocenters. The molecule has 0 radical (unpaired) electrons.